The summed E-state index contributed by atoms with van der Waals surface area (Å²) in [5.74, 6) is 0.652. The molecule has 3 heterocycles. The molecule has 9 heteroatoms. The van der Waals surface area contributed by atoms with Crippen molar-refractivity contribution in [3.8, 4) is 11.4 Å². The molecule has 1 fully saturated rings. The van der Waals surface area contributed by atoms with Crippen LogP contribution in [0.15, 0.2) is 35.5 Å². The van der Waals surface area contributed by atoms with Crippen LogP contribution in [0.3, 0.4) is 0 Å². The first-order valence-electron chi connectivity index (χ1n) is 11.1. The Morgan fingerprint density at radius 3 is 2.73 bits per heavy atom. The maximum atomic E-state index is 13.4. The van der Waals surface area contributed by atoms with Gasteiger partial charge in [-0.25, -0.2) is 4.39 Å². The molecule has 2 aromatic heterocycles. The molecule has 3 aromatic rings. The number of methoxy groups -OCH3 is 1. The van der Waals surface area contributed by atoms with E-state index in [4.69, 9.17) is 9.47 Å². The molecule has 0 radical (unpaired) electrons. The van der Waals surface area contributed by atoms with Gasteiger partial charge < -0.3 is 14.0 Å². The van der Waals surface area contributed by atoms with Gasteiger partial charge in [-0.05, 0) is 57.0 Å². The second kappa shape index (κ2) is 10.6. The number of ketones is 1. The van der Waals surface area contributed by atoms with Crippen molar-refractivity contribution in [2.24, 2.45) is 0 Å². The number of Topliss-reactive ketones (excluding diaryl/α,β-unsaturated/α-hetero) is 1. The van der Waals surface area contributed by atoms with Gasteiger partial charge in [0.2, 0.25) is 0 Å². The van der Waals surface area contributed by atoms with Gasteiger partial charge in [-0.3, -0.25) is 9.36 Å². The highest BCUT2D eigenvalue weighted by Crippen LogP contribution is 2.28. The number of carbonyl (C=O) groups is 1. The highest BCUT2D eigenvalue weighted by Gasteiger charge is 2.23. The number of hydrogen-bond acceptors (Lipinski definition) is 6. The van der Waals surface area contributed by atoms with Crippen molar-refractivity contribution in [3.63, 3.8) is 0 Å². The molecule has 0 N–H and O–H groups in total. The van der Waals surface area contributed by atoms with Crippen LogP contribution in [0.1, 0.15) is 34.6 Å². The van der Waals surface area contributed by atoms with Crippen molar-refractivity contribution < 1.29 is 18.7 Å². The molecule has 0 saturated carbocycles. The molecule has 1 aliphatic heterocycles. The van der Waals surface area contributed by atoms with Crippen molar-refractivity contribution in [2.45, 2.75) is 51.0 Å². The van der Waals surface area contributed by atoms with E-state index in [0.29, 0.717) is 30.7 Å². The Labute approximate surface area is 197 Å². The van der Waals surface area contributed by atoms with Gasteiger partial charge in [0.1, 0.15) is 5.82 Å². The summed E-state index contributed by atoms with van der Waals surface area (Å²) in [5, 5.41) is 9.38. The first-order chi connectivity index (χ1) is 16.0. The van der Waals surface area contributed by atoms with Crippen molar-refractivity contribution >= 4 is 17.5 Å². The van der Waals surface area contributed by atoms with Gasteiger partial charge in [0, 0.05) is 42.8 Å². The van der Waals surface area contributed by atoms with E-state index in [2.05, 4.69) is 14.8 Å². The van der Waals surface area contributed by atoms with Gasteiger partial charge in [0.15, 0.2) is 16.8 Å². The molecular weight excluding hydrogens is 443 g/mol. The Bertz CT molecular complexity index is 1100. The van der Waals surface area contributed by atoms with Crippen LogP contribution in [-0.2, 0) is 22.6 Å². The van der Waals surface area contributed by atoms with Gasteiger partial charge in [-0.2, -0.15) is 0 Å². The lowest BCUT2D eigenvalue weighted by molar-refractivity contribution is 0.0953. The summed E-state index contributed by atoms with van der Waals surface area (Å²) in [7, 11) is 1.67. The van der Waals surface area contributed by atoms with Crippen LogP contribution in [0, 0.1) is 19.7 Å². The first kappa shape index (κ1) is 23.7. The zero-order valence-corrected chi connectivity index (χ0v) is 20.0. The lowest BCUT2D eigenvalue weighted by Crippen LogP contribution is -2.17. The Balaban J connectivity index is 1.54. The van der Waals surface area contributed by atoms with E-state index < -0.39 is 0 Å². The molecule has 1 atom stereocenters. The zero-order valence-electron chi connectivity index (χ0n) is 19.2. The maximum absolute atomic E-state index is 13.4. The molecule has 1 saturated heterocycles. The standard InChI is InChI=1S/C24H29FN4O3S/c1-16-13-21(17(2)28(16)10-12-31-3)22(30)15-33-24-27-26-23(18-6-8-19(25)9-7-18)29(24)14-20-5-4-11-32-20/h6-9,13,20H,4-5,10-12,14-15H2,1-3H3/t20-/m0/s1. The van der Waals surface area contributed by atoms with Gasteiger partial charge in [-0.1, -0.05) is 11.8 Å². The number of aryl methyl sites for hydroxylation is 1. The Hall–Kier alpha value is -2.49. The monoisotopic (exact) mass is 472 g/mol. The Morgan fingerprint density at radius 2 is 2.03 bits per heavy atom. The molecule has 1 aromatic carbocycles. The summed E-state index contributed by atoms with van der Waals surface area (Å²) in [6, 6.07) is 8.15. The summed E-state index contributed by atoms with van der Waals surface area (Å²) >= 11 is 1.37. The number of thioether (sulfide) groups is 1. The fourth-order valence-electron chi connectivity index (χ4n) is 4.18. The van der Waals surface area contributed by atoms with Crippen molar-refractivity contribution in [1.29, 1.82) is 0 Å². The van der Waals surface area contributed by atoms with Crippen LogP contribution in [0.2, 0.25) is 0 Å². The van der Waals surface area contributed by atoms with Crippen LogP contribution in [0.25, 0.3) is 11.4 Å². The fourth-order valence-corrected chi connectivity index (χ4v) is 5.01. The normalized spacial score (nSPS) is 15.9. The van der Waals surface area contributed by atoms with E-state index in [9.17, 15) is 9.18 Å². The maximum Gasteiger partial charge on any atom is 0.192 e. The number of rotatable bonds is 10. The number of benzene rings is 1. The largest absolute Gasteiger partial charge is 0.383 e. The second-order valence-corrected chi connectivity index (χ2v) is 9.14. The average Bonchev–Trinajstić information content (AvgIpc) is 3.52. The first-order valence-corrected chi connectivity index (χ1v) is 12.1. The Kier molecular flexibility index (Phi) is 7.62. The quantitative estimate of drug-likeness (QED) is 0.324. The van der Waals surface area contributed by atoms with Crippen molar-refractivity contribution in [1.82, 2.24) is 19.3 Å². The van der Waals surface area contributed by atoms with Crippen LogP contribution < -0.4 is 0 Å². The molecule has 0 aliphatic carbocycles. The molecule has 0 spiro atoms. The summed E-state index contributed by atoms with van der Waals surface area (Å²) < 4.78 is 28.5. The lowest BCUT2D eigenvalue weighted by Gasteiger charge is -2.14. The highest BCUT2D eigenvalue weighted by molar-refractivity contribution is 7.99. The SMILES string of the molecule is COCCn1c(C)cc(C(=O)CSc2nnc(-c3ccc(F)cc3)n2C[C@@H]2CCCO2)c1C. The average molecular weight is 473 g/mol. The van der Waals surface area contributed by atoms with E-state index in [1.54, 1.807) is 19.2 Å². The van der Waals surface area contributed by atoms with Gasteiger partial charge in [-0.15, -0.1) is 10.2 Å². The minimum Gasteiger partial charge on any atom is -0.383 e. The number of carbonyl (C=O) groups excluding carboxylic acids is 1. The van der Waals surface area contributed by atoms with E-state index in [0.717, 1.165) is 42.0 Å². The van der Waals surface area contributed by atoms with Gasteiger partial charge >= 0.3 is 0 Å². The predicted molar refractivity (Wildman–Crippen MR) is 125 cm³/mol. The molecular formula is C24H29FN4O3S. The summed E-state index contributed by atoms with van der Waals surface area (Å²) in [6.07, 6.45) is 2.07. The van der Waals surface area contributed by atoms with Gasteiger partial charge in [0.05, 0.1) is 25.0 Å². The van der Waals surface area contributed by atoms with Crippen molar-refractivity contribution in [3.05, 3.63) is 53.1 Å². The van der Waals surface area contributed by atoms with E-state index >= 15 is 0 Å². The molecule has 7 nitrogen and oxygen atoms in total. The fraction of sp³-hybridized carbons (Fsp3) is 0.458. The third kappa shape index (κ3) is 5.37. The van der Waals surface area contributed by atoms with Crippen LogP contribution in [0.5, 0.6) is 0 Å². The van der Waals surface area contributed by atoms with Crippen LogP contribution in [0.4, 0.5) is 4.39 Å². The Morgan fingerprint density at radius 1 is 1.24 bits per heavy atom. The molecule has 0 amide bonds. The summed E-state index contributed by atoms with van der Waals surface area (Å²) in [6.45, 7) is 6.62. The highest BCUT2D eigenvalue weighted by atomic mass is 32.2. The van der Waals surface area contributed by atoms with Crippen molar-refractivity contribution in [2.75, 3.05) is 26.1 Å². The molecule has 4 rings (SSSR count). The number of ether oxygens (including phenoxy) is 2. The molecule has 0 bridgehead atoms. The predicted octanol–water partition coefficient (Wildman–Crippen LogP) is 4.30. The lowest BCUT2D eigenvalue weighted by atomic mass is 10.2. The van der Waals surface area contributed by atoms with Gasteiger partial charge in [0.25, 0.3) is 0 Å². The minimum absolute atomic E-state index is 0.0479. The van der Waals surface area contributed by atoms with Crippen LogP contribution in [-0.4, -0.2) is 57.3 Å². The van der Waals surface area contributed by atoms with E-state index in [-0.39, 0.29) is 23.5 Å². The van der Waals surface area contributed by atoms with Crippen LogP contribution >= 0.6 is 11.8 Å². The second-order valence-electron chi connectivity index (χ2n) is 8.20. The zero-order chi connectivity index (χ0) is 23.4. The molecule has 33 heavy (non-hydrogen) atoms. The number of nitrogens with zero attached hydrogens (tertiary/aromatic N) is 4. The number of halogens is 1. The molecule has 0 unspecified atom stereocenters. The number of hydrogen-bond donors (Lipinski definition) is 0. The summed E-state index contributed by atoms with van der Waals surface area (Å²) in [4.78, 5) is 13.1. The topological polar surface area (TPSA) is 71.2 Å². The minimum atomic E-state index is -0.299. The third-order valence-electron chi connectivity index (χ3n) is 5.95. The number of aromatic nitrogens is 4. The van der Waals surface area contributed by atoms with E-state index in [1.807, 2.05) is 24.5 Å². The molecule has 1 aliphatic rings. The third-order valence-corrected chi connectivity index (χ3v) is 6.92. The molecule has 176 valence electrons. The summed E-state index contributed by atoms with van der Waals surface area (Å²) in [5.41, 5.74) is 3.49. The smallest absolute Gasteiger partial charge is 0.192 e. The van der Waals surface area contributed by atoms with E-state index in [1.165, 1.54) is 23.9 Å².